The van der Waals surface area contributed by atoms with E-state index < -0.39 is 12.0 Å². The number of carbonyl (C=O) groups excluding carboxylic acids is 1. The summed E-state index contributed by atoms with van der Waals surface area (Å²) in [5.41, 5.74) is 2.94. The van der Waals surface area contributed by atoms with Gasteiger partial charge in [0, 0.05) is 18.3 Å². The Morgan fingerprint density at radius 3 is 2.55 bits per heavy atom. The number of carboxylic acid groups (broad SMARTS) is 1. The van der Waals surface area contributed by atoms with Gasteiger partial charge >= 0.3 is 12.0 Å². The molecule has 0 saturated heterocycles. The zero-order chi connectivity index (χ0) is 16.1. The molecule has 0 aliphatic rings. The van der Waals surface area contributed by atoms with Gasteiger partial charge in [-0.15, -0.1) is 5.10 Å². The molecule has 1 aromatic heterocycles. The molecule has 0 atom stereocenters. The number of hydrogen-bond donors (Lipinski definition) is 3. The van der Waals surface area contributed by atoms with E-state index >= 15 is 0 Å². The van der Waals surface area contributed by atoms with Crippen LogP contribution >= 0.6 is 0 Å². The van der Waals surface area contributed by atoms with Crippen LogP contribution in [0.4, 0.5) is 10.6 Å². The van der Waals surface area contributed by atoms with Crippen molar-refractivity contribution in [2.45, 2.75) is 20.3 Å². The van der Waals surface area contributed by atoms with Crippen molar-refractivity contribution >= 4 is 17.8 Å². The molecule has 0 fully saturated rings. The molecule has 0 spiro atoms. The van der Waals surface area contributed by atoms with Gasteiger partial charge in [-0.25, -0.2) is 9.48 Å². The molecular weight excluding hydrogens is 284 g/mol. The van der Waals surface area contributed by atoms with Gasteiger partial charge in [0.25, 0.3) is 0 Å². The second-order valence-corrected chi connectivity index (χ2v) is 4.94. The smallest absolute Gasteiger partial charge is 0.320 e. The largest absolute Gasteiger partial charge is 0.481 e. The maximum atomic E-state index is 11.6. The van der Waals surface area contributed by atoms with Gasteiger partial charge in [-0.2, -0.15) is 0 Å². The number of carbonyl (C=O) groups is 2. The summed E-state index contributed by atoms with van der Waals surface area (Å²) in [6.45, 7) is 3.97. The Morgan fingerprint density at radius 2 is 1.91 bits per heavy atom. The molecule has 1 aromatic carbocycles. The monoisotopic (exact) mass is 302 g/mol. The van der Waals surface area contributed by atoms with Crippen molar-refractivity contribution in [2.75, 3.05) is 11.9 Å². The van der Waals surface area contributed by atoms with Crippen LogP contribution in [-0.4, -0.2) is 33.4 Å². The first-order valence-corrected chi connectivity index (χ1v) is 6.86. The molecule has 0 bridgehead atoms. The van der Waals surface area contributed by atoms with Gasteiger partial charge in [0.05, 0.1) is 12.1 Å². The minimum Gasteiger partial charge on any atom is -0.481 e. The van der Waals surface area contributed by atoms with E-state index in [2.05, 4.69) is 15.7 Å². The number of carboxylic acids is 1. The Morgan fingerprint density at radius 1 is 1.23 bits per heavy atom. The topological polar surface area (TPSA) is 96.3 Å². The number of nitrogens with zero attached hydrogens (tertiary/aromatic N) is 2. The predicted molar refractivity (Wildman–Crippen MR) is 82.3 cm³/mol. The fourth-order valence-electron chi connectivity index (χ4n) is 1.93. The summed E-state index contributed by atoms with van der Waals surface area (Å²) < 4.78 is 1.73. The fourth-order valence-corrected chi connectivity index (χ4v) is 1.93. The lowest BCUT2D eigenvalue weighted by atomic mass is 10.2. The van der Waals surface area contributed by atoms with Gasteiger partial charge in [0.15, 0.2) is 5.82 Å². The maximum Gasteiger partial charge on any atom is 0.320 e. The Kier molecular flexibility index (Phi) is 4.77. The first-order chi connectivity index (χ1) is 10.5. The average molecular weight is 302 g/mol. The summed E-state index contributed by atoms with van der Waals surface area (Å²) in [4.78, 5) is 22.0. The summed E-state index contributed by atoms with van der Waals surface area (Å²) >= 11 is 0. The van der Waals surface area contributed by atoms with Crippen molar-refractivity contribution in [1.82, 2.24) is 15.1 Å². The lowest BCUT2D eigenvalue weighted by molar-refractivity contribution is -0.136. The molecule has 0 unspecified atom stereocenters. The molecule has 0 aliphatic carbocycles. The number of benzene rings is 1. The van der Waals surface area contributed by atoms with Crippen LogP contribution in [0.25, 0.3) is 5.69 Å². The van der Waals surface area contributed by atoms with Crippen LogP contribution in [-0.2, 0) is 4.79 Å². The van der Waals surface area contributed by atoms with Crippen LogP contribution in [0.2, 0.25) is 0 Å². The molecule has 2 amide bonds. The number of amides is 2. The summed E-state index contributed by atoms with van der Waals surface area (Å²) in [5.74, 6) is -0.550. The van der Waals surface area contributed by atoms with E-state index in [0.29, 0.717) is 5.82 Å². The van der Waals surface area contributed by atoms with E-state index in [4.69, 9.17) is 5.11 Å². The first-order valence-electron chi connectivity index (χ1n) is 6.86. The van der Waals surface area contributed by atoms with Crippen LogP contribution < -0.4 is 10.6 Å². The Bertz CT molecular complexity index is 677. The maximum absolute atomic E-state index is 11.6. The van der Waals surface area contributed by atoms with Gasteiger partial charge in [0.1, 0.15) is 0 Å². The molecule has 3 N–H and O–H groups in total. The SMILES string of the molecule is Cc1ccc(-n2nc(NC(=O)NCCC(=O)O)cc2C)cc1. The second-order valence-electron chi connectivity index (χ2n) is 4.94. The molecule has 2 rings (SSSR count). The molecule has 116 valence electrons. The number of hydrogen-bond acceptors (Lipinski definition) is 3. The molecule has 22 heavy (non-hydrogen) atoms. The van der Waals surface area contributed by atoms with E-state index in [1.807, 2.05) is 38.1 Å². The van der Waals surface area contributed by atoms with Crippen molar-refractivity contribution in [3.05, 3.63) is 41.6 Å². The summed E-state index contributed by atoms with van der Waals surface area (Å²) in [6.07, 6.45) is -0.121. The van der Waals surface area contributed by atoms with Crippen molar-refractivity contribution in [3.63, 3.8) is 0 Å². The average Bonchev–Trinajstić information content (AvgIpc) is 2.80. The molecule has 7 nitrogen and oxygen atoms in total. The first kappa shape index (κ1) is 15.6. The third kappa shape index (κ3) is 4.08. The highest BCUT2D eigenvalue weighted by atomic mass is 16.4. The number of aryl methyl sites for hydroxylation is 2. The molecule has 7 heteroatoms. The highest BCUT2D eigenvalue weighted by molar-refractivity contribution is 5.88. The third-order valence-electron chi connectivity index (χ3n) is 3.03. The Labute approximate surface area is 128 Å². The van der Waals surface area contributed by atoms with Crippen molar-refractivity contribution in [2.24, 2.45) is 0 Å². The van der Waals surface area contributed by atoms with Crippen LogP contribution in [0.5, 0.6) is 0 Å². The second kappa shape index (κ2) is 6.75. The van der Waals surface area contributed by atoms with Crippen molar-refractivity contribution in [3.8, 4) is 5.69 Å². The number of anilines is 1. The standard InChI is InChI=1S/C15H18N4O3/c1-10-3-5-12(6-4-10)19-11(2)9-13(18-19)17-15(22)16-8-7-14(20)21/h3-6,9H,7-8H2,1-2H3,(H,20,21)(H2,16,17,18,22). The number of rotatable bonds is 5. The highest BCUT2D eigenvalue weighted by Crippen LogP contribution is 2.15. The zero-order valence-electron chi connectivity index (χ0n) is 12.5. The normalized spacial score (nSPS) is 10.3. The lowest BCUT2D eigenvalue weighted by Crippen LogP contribution is -2.30. The van der Waals surface area contributed by atoms with E-state index in [-0.39, 0.29) is 13.0 Å². The van der Waals surface area contributed by atoms with Gasteiger partial charge in [-0.1, -0.05) is 17.7 Å². The van der Waals surface area contributed by atoms with E-state index in [9.17, 15) is 9.59 Å². The zero-order valence-corrected chi connectivity index (χ0v) is 12.5. The molecule has 2 aromatic rings. The van der Waals surface area contributed by atoms with Gasteiger partial charge in [-0.05, 0) is 26.0 Å². The van der Waals surface area contributed by atoms with Crippen LogP contribution in [0.15, 0.2) is 30.3 Å². The van der Waals surface area contributed by atoms with E-state index in [1.54, 1.807) is 10.7 Å². The van der Waals surface area contributed by atoms with Crippen LogP contribution in [0.1, 0.15) is 17.7 Å². The van der Waals surface area contributed by atoms with Crippen LogP contribution in [0.3, 0.4) is 0 Å². The molecule has 0 saturated carbocycles. The Hall–Kier alpha value is -2.83. The number of urea groups is 1. The summed E-state index contributed by atoms with van der Waals surface area (Å²) in [7, 11) is 0. The van der Waals surface area contributed by atoms with Gasteiger partial charge in [0.2, 0.25) is 0 Å². The molecule has 0 aliphatic heterocycles. The molecule has 0 radical (unpaired) electrons. The van der Waals surface area contributed by atoms with Crippen molar-refractivity contribution in [1.29, 1.82) is 0 Å². The highest BCUT2D eigenvalue weighted by Gasteiger charge is 2.09. The fraction of sp³-hybridized carbons (Fsp3) is 0.267. The summed E-state index contributed by atoms with van der Waals surface area (Å²) in [6, 6.07) is 9.15. The minimum atomic E-state index is -0.959. The number of aliphatic carboxylic acids is 1. The quantitative estimate of drug-likeness (QED) is 0.788. The van der Waals surface area contributed by atoms with E-state index in [0.717, 1.165) is 16.9 Å². The number of aromatic nitrogens is 2. The van der Waals surface area contributed by atoms with Crippen molar-refractivity contribution < 1.29 is 14.7 Å². The Balaban J connectivity index is 2.02. The minimum absolute atomic E-state index is 0.0683. The third-order valence-corrected chi connectivity index (χ3v) is 3.03. The lowest BCUT2D eigenvalue weighted by Gasteiger charge is -2.05. The predicted octanol–water partition coefficient (Wildman–Crippen LogP) is 2.09. The van der Waals surface area contributed by atoms with Gasteiger partial charge in [-0.3, -0.25) is 10.1 Å². The molecule has 1 heterocycles. The van der Waals surface area contributed by atoms with E-state index in [1.165, 1.54) is 0 Å². The van der Waals surface area contributed by atoms with Gasteiger partial charge < -0.3 is 10.4 Å². The number of nitrogens with one attached hydrogen (secondary N) is 2. The molecular formula is C15H18N4O3. The summed E-state index contributed by atoms with van der Waals surface area (Å²) in [5, 5.41) is 17.9. The van der Waals surface area contributed by atoms with Crippen LogP contribution in [0, 0.1) is 13.8 Å².